The zero-order valence-corrected chi connectivity index (χ0v) is 12.7. The Hall–Kier alpha value is -1.57. The molecule has 0 radical (unpaired) electrons. The summed E-state index contributed by atoms with van der Waals surface area (Å²) in [5.41, 5.74) is 1.75. The molecule has 2 atom stereocenters. The van der Waals surface area contributed by atoms with E-state index in [1.165, 1.54) is 35.7 Å². The predicted octanol–water partition coefficient (Wildman–Crippen LogP) is 4.86. The van der Waals surface area contributed by atoms with E-state index in [4.69, 9.17) is 0 Å². The molecule has 1 fully saturated rings. The Morgan fingerprint density at radius 3 is 2.90 bits per heavy atom. The van der Waals surface area contributed by atoms with Crippen LogP contribution >= 0.6 is 0 Å². The van der Waals surface area contributed by atoms with Crippen LogP contribution in [0.5, 0.6) is 0 Å². The van der Waals surface area contributed by atoms with Gasteiger partial charge in [-0.3, -0.25) is 4.98 Å². The maximum Gasteiger partial charge on any atom is 0.0423 e. The van der Waals surface area contributed by atoms with Gasteiger partial charge in [0.2, 0.25) is 0 Å². The average molecular weight is 268 g/mol. The first-order chi connectivity index (χ1) is 9.55. The van der Waals surface area contributed by atoms with Gasteiger partial charge in [0.1, 0.15) is 0 Å². The van der Waals surface area contributed by atoms with Gasteiger partial charge in [0, 0.05) is 34.9 Å². The highest BCUT2D eigenvalue weighted by Crippen LogP contribution is 2.40. The van der Waals surface area contributed by atoms with Crippen LogP contribution in [0.25, 0.3) is 10.8 Å². The maximum absolute atomic E-state index is 4.21. The van der Waals surface area contributed by atoms with E-state index in [0.717, 1.165) is 5.92 Å². The van der Waals surface area contributed by atoms with Gasteiger partial charge in [0.25, 0.3) is 0 Å². The van der Waals surface area contributed by atoms with Crippen LogP contribution < -0.4 is 5.32 Å². The quantitative estimate of drug-likeness (QED) is 0.841. The van der Waals surface area contributed by atoms with Gasteiger partial charge in [0.05, 0.1) is 0 Å². The Morgan fingerprint density at radius 2 is 2.10 bits per heavy atom. The van der Waals surface area contributed by atoms with Crippen molar-refractivity contribution in [1.29, 1.82) is 0 Å². The third kappa shape index (κ3) is 2.65. The van der Waals surface area contributed by atoms with Crippen LogP contribution in [0.15, 0.2) is 36.7 Å². The zero-order valence-electron chi connectivity index (χ0n) is 12.7. The van der Waals surface area contributed by atoms with Gasteiger partial charge >= 0.3 is 0 Å². The smallest absolute Gasteiger partial charge is 0.0423 e. The third-order valence-electron chi connectivity index (χ3n) is 4.72. The number of hydrogen-bond acceptors (Lipinski definition) is 2. The van der Waals surface area contributed by atoms with E-state index >= 15 is 0 Å². The standard InChI is InChI=1S/C18H24N2/c1-13-11-18(2,3)9-7-16(13)20-17-6-4-5-14-12-19-10-8-15(14)17/h4-6,8,10,12-13,16,20H,7,9,11H2,1-3H3. The lowest BCUT2D eigenvalue weighted by atomic mass is 9.70. The summed E-state index contributed by atoms with van der Waals surface area (Å²) in [6.45, 7) is 7.16. The van der Waals surface area contributed by atoms with Gasteiger partial charge in [-0.25, -0.2) is 0 Å². The van der Waals surface area contributed by atoms with E-state index in [0.29, 0.717) is 11.5 Å². The molecule has 0 aliphatic heterocycles. The van der Waals surface area contributed by atoms with Gasteiger partial charge < -0.3 is 5.32 Å². The number of fused-ring (bicyclic) bond motifs is 1. The molecule has 2 aromatic rings. The Balaban J connectivity index is 1.83. The normalized spacial score (nSPS) is 25.6. The minimum absolute atomic E-state index is 0.500. The highest BCUT2D eigenvalue weighted by Gasteiger charge is 2.32. The minimum atomic E-state index is 0.500. The predicted molar refractivity (Wildman–Crippen MR) is 85.9 cm³/mol. The van der Waals surface area contributed by atoms with Crippen LogP contribution in [-0.2, 0) is 0 Å². The van der Waals surface area contributed by atoms with Gasteiger partial charge in [-0.2, -0.15) is 0 Å². The Labute approximate surface area is 121 Å². The highest BCUT2D eigenvalue weighted by molar-refractivity contribution is 5.93. The van der Waals surface area contributed by atoms with Crippen LogP contribution in [0.2, 0.25) is 0 Å². The molecule has 1 N–H and O–H groups in total. The third-order valence-corrected chi connectivity index (χ3v) is 4.72. The molecule has 1 saturated carbocycles. The van der Waals surface area contributed by atoms with Crippen molar-refractivity contribution in [3.8, 4) is 0 Å². The second-order valence-corrected chi connectivity index (χ2v) is 7.04. The Morgan fingerprint density at radius 1 is 1.25 bits per heavy atom. The van der Waals surface area contributed by atoms with Crippen molar-refractivity contribution in [3.05, 3.63) is 36.7 Å². The Bertz CT molecular complexity index is 598. The molecule has 0 bridgehead atoms. The summed E-state index contributed by atoms with van der Waals surface area (Å²) in [5, 5.41) is 6.27. The van der Waals surface area contributed by atoms with Crippen molar-refractivity contribution in [2.24, 2.45) is 11.3 Å². The van der Waals surface area contributed by atoms with Crippen molar-refractivity contribution in [3.63, 3.8) is 0 Å². The molecule has 106 valence electrons. The molecule has 1 aromatic heterocycles. The highest BCUT2D eigenvalue weighted by atomic mass is 14.9. The molecular formula is C18H24N2. The molecule has 1 heterocycles. The minimum Gasteiger partial charge on any atom is -0.382 e. The zero-order chi connectivity index (χ0) is 14.2. The summed E-state index contributed by atoms with van der Waals surface area (Å²) in [7, 11) is 0. The molecular weight excluding hydrogens is 244 g/mol. The number of benzene rings is 1. The van der Waals surface area contributed by atoms with Crippen molar-refractivity contribution in [2.75, 3.05) is 5.32 Å². The van der Waals surface area contributed by atoms with Crippen molar-refractivity contribution in [1.82, 2.24) is 4.98 Å². The second kappa shape index (κ2) is 5.08. The summed E-state index contributed by atoms with van der Waals surface area (Å²) < 4.78 is 0. The van der Waals surface area contributed by atoms with Crippen LogP contribution in [0, 0.1) is 11.3 Å². The lowest BCUT2D eigenvalue weighted by Gasteiger charge is -2.40. The van der Waals surface area contributed by atoms with E-state index < -0.39 is 0 Å². The largest absolute Gasteiger partial charge is 0.382 e. The summed E-state index contributed by atoms with van der Waals surface area (Å²) in [6, 6.07) is 9.12. The molecule has 1 aliphatic rings. The number of nitrogens with zero attached hydrogens (tertiary/aromatic N) is 1. The number of anilines is 1. The fraction of sp³-hybridized carbons (Fsp3) is 0.500. The van der Waals surface area contributed by atoms with E-state index in [-0.39, 0.29) is 0 Å². The van der Waals surface area contributed by atoms with Gasteiger partial charge in [-0.1, -0.05) is 32.9 Å². The van der Waals surface area contributed by atoms with E-state index in [1.54, 1.807) is 0 Å². The summed E-state index contributed by atoms with van der Waals surface area (Å²) in [4.78, 5) is 4.21. The van der Waals surface area contributed by atoms with Crippen molar-refractivity contribution in [2.45, 2.75) is 46.1 Å². The number of aromatic nitrogens is 1. The molecule has 1 aliphatic carbocycles. The van der Waals surface area contributed by atoms with Gasteiger partial charge in [-0.15, -0.1) is 0 Å². The monoisotopic (exact) mass is 268 g/mol. The summed E-state index contributed by atoms with van der Waals surface area (Å²) in [6.07, 6.45) is 7.68. The van der Waals surface area contributed by atoms with Gasteiger partial charge in [0.15, 0.2) is 0 Å². The lowest BCUT2D eigenvalue weighted by molar-refractivity contribution is 0.177. The SMILES string of the molecule is CC1CC(C)(C)CCC1Nc1cccc2cnccc12. The number of nitrogens with one attached hydrogen (secondary N) is 1. The second-order valence-electron chi connectivity index (χ2n) is 7.04. The molecule has 3 rings (SSSR count). The van der Waals surface area contributed by atoms with Crippen LogP contribution in [0.4, 0.5) is 5.69 Å². The fourth-order valence-corrected chi connectivity index (χ4v) is 3.61. The fourth-order valence-electron chi connectivity index (χ4n) is 3.61. The van der Waals surface area contributed by atoms with E-state index in [2.05, 4.69) is 55.3 Å². The first-order valence-electron chi connectivity index (χ1n) is 7.64. The van der Waals surface area contributed by atoms with E-state index in [1.807, 2.05) is 12.4 Å². The van der Waals surface area contributed by atoms with E-state index in [9.17, 15) is 0 Å². The molecule has 0 amide bonds. The summed E-state index contributed by atoms with van der Waals surface area (Å²) in [5.74, 6) is 0.718. The maximum atomic E-state index is 4.21. The molecule has 0 saturated heterocycles. The molecule has 2 heteroatoms. The lowest BCUT2D eigenvalue weighted by Crippen LogP contribution is -2.36. The van der Waals surface area contributed by atoms with Crippen molar-refractivity contribution >= 4 is 16.5 Å². The number of hydrogen-bond donors (Lipinski definition) is 1. The van der Waals surface area contributed by atoms with Crippen LogP contribution in [0.3, 0.4) is 0 Å². The summed E-state index contributed by atoms with van der Waals surface area (Å²) >= 11 is 0. The van der Waals surface area contributed by atoms with Crippen LogP contribution in [-0.4, -0.2) is 11.0 Å². The van der Waals surface area contributed by atoms with Crippen LogP contribution in [0.1, 0.15) is 40.0 Å². The molecule has 1 aromatic carbocycles. The molecule has 0 spiro atoms. The first kappa shape index (κ1) is 13.4. The topological polar surface area (TPSA) is 24.9 Å². The van der Waals surface area contributed by atoms with Gasteiger partial charge in [-0.05, 0) is 42.7 Å². The van der Waals surface area contributed by atoms with Crippen molar-refractivity contribution < 1.29 is 0 Å². The molecule has 2 unspecified atom stereocenters. The Kier molecular flexibility index (Phi) is 3.41. The number of rotatable bonds is 2. The molecule has 20 heavy (non-hydrogen) atoms. The molecule has 2 nitrogen and oxygen atoms in total. The number of pyridine rings is 1. The average Bonchev–Trinajstić information content (AvgIpc) is 2.42. The first-order valence-corrected chi connectivity index (χ1v) is 7.64.